The van der Waals surface area contributed by atoms with E-state index < -0.39 is 39.3 Å². The summed E-state index contributed by atoms with van der Waals surface area (Å²) in [6, 6.07) is 1.42. The molecule has 0 rings (SSSR count). The summed E-state index contributed by atoms with van der Waals surface area (Å²) >= 11 is 0. The zero-order chi connectivity index (χ0) is 20.8. The molecule has 0 saturated carbocycles. The van der Waals surface area contributed by atoms with Gasteiger partial charge in [0, 0.05) is 23.1 Å². The van der Waals surface area contributed by atoms with Crippen molar-refractivity contribution in [1.82, 2.24) is 0 Å². The van der Waals surface area contributed by atoms with Gasteiger partial charge in [-0.15, -0.1) is 0 Å². The molecule has 148 valence electrons. The number of carbonyl (C=O) groups excluding carboxylic acids is 3. The minimum Gasteiger partial charge on any atom is -0.465 e. The molecule has 0 aromatic heterocycles. The molecule has 0 aromatic rings. The summed E-state index contributed by atoms with van der Waals surface area (Å²) in [5.41, 5.74) is 6.35. The lowest BCUT2D eigenvalue weighted by molar-refractivity contribution is -0.172. The summed E-state index contributed by atoms with van der Waals surface area (Å²) in [5.74, 6) is -2.86. The summed E-state index contributed by atoms with van der Waals surface area (Å²) in [6.45, 7) is 15.4. The van der Waals surface area contributed by atoms with Crippen LogP contribution in [-0.2, 0) is 23.9 Å². The number of rotatable bonds is 10. The molecule has 0 aliphatic heterocycles. The van der Waals surface area contributed by atoms with Crippen molar-refractivity contribution in [3.63, 3.8) is 0 Å². The Balaban J connectivity index is 5.36. The Kier molecular flexibility index (Phi) is 8.82. The monoisotopic (exact) mass is 400 g/mol. The first-order valence-electron chi connectivity index (χ1n) is 8.73. The van der Waals surface area contributed by atoms with Gasteiger partial charge in [-0.2, -0.15) is 4.79 Å². The SMILES string of the molecule is CC(=[N+]=[N-])C(=O)C(C)(C(=O)OCC[Si](C)(C)C)C(=O)OCC[Si](C)(C)C. The Morgan fingerprint density at radius 2 is 1.23 bits per heavy atom. The quantitative estimate of drug-likeness (QED) is 0.140. The van der Waals surface area contributed by atoms with E-state index in [2.05, 4.69) is 44.1 Å². The molecule has 0 radical (unpaired) electrons. The molecular weight excluding hydrogens is 368 g/mol. The number of hydrogen-bond acceptors (Lipinski definition) is 5. The smallest absolute Gasteiger partial charge is 0.333 e. The number of nitrogens with zero attached hydrogens (tertiary/aromatic N) is 2. The molecule has 0 aliphatic rings. The van der Waals surface area contributed by atoms with E-state index in [-0.39, 0.29) is 18.9 Å². The number of esters is 2. The van der Waals surface area contributed by atoms with Gasteiger partial charge in [-0.25, -0.2) is 0 Å². The first-order chi connectivity index (χ1) is 11.6. The fraction of sp³-hybridized carbons (Fsp3) is 0.765. The normalized spacial score (nSPS) is 12.2. The van der Waals surface area contributed by atoms with E-state index in [1.807, 2.05) is 0 Å². The largest absolute Gasteiger partial charge is 0.465 e. The molecule has 0 saturated heterocycles. The van der Waals surface area contributed by atoms with Crippen LogP contribution in [0.25, 0.3) is 5.53 Å². The Morgan fingerprint density at radius 1 is 0.885 bits per heavy atom. The van der Waals surface area contributed by atoms with Gasteiger partial charge in [-0.3, -0.25) is 14.4 Å². The predicted octanol–water partition coefficient (Wildman–Crippen LogP) is 3.02. The number of ketones is 1. The first-order valence-corrected chi connectivity index (χ1v) is 16.1. The van der Waals surface area contributed by atoms with Crippen molar-refractivity contribution in [1.29, 1.82) is 0 Å². The van der Waals surface area contributed by atoms with Gasteiger partial charge in [-0.1, -0.05) is 39.3 Å². The molecular formula is C17H32N2O5Si2. The van der Waals surface area contributed by atoms with E-state index >= 15 is 0 Å². The standard InChI is InChI=1S/C17H32N2O5Si2/c1-13(19-18)14(20)17(2,15(21)23-9-11-25(3,4)5)16(22)24-10-12-26(6,7)8/h9-12H2,1-8H3. The maximum atomic E-state index is 12.6. The number of carbonyl (C=O) groups is 3. The highest BCUT2D eigenvalue weighted by Gasteiger charge is 2.54. The molecule has 0 bridgehead atoms. The van der Waals surface area contributed by atoms with Crippen molar-refractivity contribution in [2.75, 3.05) is 13.2 Å². The van der Waals surface area contributed by atoms with E-state index in [0.29, 0.717) is 12.1 Å². The van der Waals surface area contributed by atoms with Gasteiger partial charge in [0.2, 0.25) is 5.41 Å². The molecule has 0 amide bonds. The molecule has 0 aliphatic carbocycles. The van der Waals surface area contributed by atoms with Gasteiger partial charge in [0.05, 0.1) is 13.2 Å². The molecule has 0 atom stereocenters. The van der Waals surface area contributed by atoms with Crippen LogP contribution in [0.1, 0.15) is 13.8 Å². The molecule has 0 spiro atoms. The second-order valence-corrected chi connectivity index (χ2v) is 20.3. The van der Waals surface area contributed by atoms with Crippen molar-refractivity contribution in [2.24, 2.45) is 5.41 Å². The van der Waals surface area contributed by atoms with Gasteiger partial charge >= 0.3 is 17.7 Å². The van der Waals surface area contributed by atoms with Crippen LogP contribution >= 0.6 is 0 Å². The minimum atomic E-state index is -2.17. The topological polar surface area (TPSA) is 106 Å². The maximum Gasteiger partial charge on any atom is 0.333 e. The van der Waals surface area contributed by atoms with Crippen LogP contribution in [-0.4, -0.2) is 57.6 Å². The molecule has 7 nitrogen and oxygen atoms in total. The minimum absolute atomic E-state index is 0.134. The van der Waals surface area contributed by atoms with Crippen molar-refractivity contribution >= 4 is 39.6 Å². The van der Waals surface area contributed by atoms with Gasteiger partial charge in [0.15, 0.2) is 0 Å². The second-order valence-electron chi connectivity index (χ2n) is 9.03. The molecule has 9 heteroatoms. The van der Waals surface area contributed by atoms with Crippen molar-refractivity contribution in [2.45, 2.75) is 65.2 Å². The third kappa shape index (κ3) is 7.76. The highest BCUT2D eigenvalue weighted by Crippen LogP contribution is 2.24. The summed E-state index contributed by atoms with van der Waals surface area (Å²) in [4.78, 5) is 40.5. The maximum absolute atomic E-state index is 12.6. The molecule has 0 N–H and O–H groups in total. The number of Topliss-reactive ketones (excluding diaryl/α,β-unsaturated/α-hetero) is 1. The Bertz CT molecular complexity index is 567. The predicted molar refractivity (Wildman–Crippen MR) is 106 cm³/mol. The average Bonchev–Trinajstić information content (AvgIpc) is 2.49. The van der Waals surface area contributed by atoms with Crippen LogP contribution in [0.5, 0.6) is 0 Å². The van der Waals surface area contributed by atoms with E-state index in [0.717, 1.165) is 6.92 Å². The Morgan fingerprint density at radius 3 is 1.50 bits per heavy atom. The fourth-order valence-corrected chi connectivity index (χ4v) is 3.29. The van der Waals surface area contributed by atoms with Crippen LogP contribution in [0.4, 0.5) is 0 Å². The average molecular weight is 401 g/mol. The summed E-state index contributed by atoms with van der Waals surface area (Å²) in [5, 5.41) is 0. The van der Waals surface area contributed by atoms with Gasteiger partial charge in [0.25, 0.3) is 5.78 Å². The summed E-state index contributed by atoms with van der Waals surface area (Å²) < 4.78 is 10.4. The molecule has 26 heavy (non-hydrogen) atoms. The van der Waals surface area contributed by atoms with Gasteiger partial charge in [0.1, 0.15) is 0 Å². The lowest BCUT2D eigenvalue weighted by atomic mass is 9.83. The van der Waals surface area contributed by atoms with Crippen LogP contribution in [0.3, 0.4) is 0 Å². The highest BCUT2D eigenvalue weighted by molar-refractivity contribution is 6.76. The Hall–Kier alpha value is -1.58. The van der Waals surface area contributed by atoms with Crippen LogP contribution < -0.4 is 0 Å². The highest BCUT2D eigenvalue weighted by atomic mass is 28.3. The number of hydrogen-bond donors (Lipinski definition) is 0. The zero-order valence-electron chi connectivity index (χ0n) is 17.3. The molecule has 0 unspecified atom stereocenters. The lowest BCUT2D eigenvalue weighted by Crippen LogP contribution is -2.49. The van der Waals surface area contributed by atoms with Crippen LogP contribution in [0, 0.1) is 5.41 Å². The first kappa shape index (κ1) is 24.4. The zero-order valence-corrected chi connectivity index (χ0v) is 19.3. The van der Waals surface area contributed by atoms with Crippen LogP contribution in [0.2, 0.25) is 51.4 Å². The van der Waals surface area contributed by atoms with E-state index in [1.54, 1.807) is 0 Å². The molecule has 0 fully saturated rings. The van der Waals surface area contributed by atoms with Crippen molar-refractivity contribution in [3.05, 3.63) is 5.53 Å². The third-order valence-corrected chi connectivity index (χ3v) is 7.33. The third-order valence-electron chi connectivity index (χ3n) is 3.92. The second kappa shape index (κ2) is 9.39. The van der Waals surface area contributed by atoms with E-state index in [4.69, 9.17) is 15.0 Å². The van der Waals surface area contributed by atoms with Crippen molar-refractivity contribution < 1.29 is 28.6 Å². The summed E-state index contributed by atoms with van der Waals surface area (Å²) in [7, 11) is -2.89. The van der Waals surface area contributed by atoms with Gasteiger partial charge in [-0.05, 0) is 19.0 Å². The fourth-order valence-electron chi connectivity index (χ4n) is 1.86. The number of ether oxygens (including phenoxy) is 2. The van der Waals surface area contributed by atoms with E-state index in [9.17, 15) is 14.4 Å². The van der Waals surface area contributed by atoms with Gasteiger partial charge < -0.3 is 15.0 Å². The van der Waals surface area contributed by atoms with E-state index in [1.165, 1.54) is 6.92 Å². The molecule has 0 aromatic carbocycles. The Labute approximate surface area is 158 Å². The summed E-state index contributed by atoms with van der Waals surface area (Å²) in [6.07, 6.45) is 0. The van der Waals surface area contributed by atoms with Crippen LogP contribution in [0.15, 0.2) is 0 Å². The lowest BCUT2D eigenvalue weighted by Gasteiger charge is -2.24. The van der Waals surface area contributed by atoms with Crippen molar-refractivity contribution in [3.8, 4) is 0 Å². The molecule has 0 heterocycles.